The van der Waals surface area contributed by atoms with Gasteiger partial charge in [-0.1, -0.05) is 132 Å². The highest BCUT2D eigenvalue weighted by molar-refractivity contribution is 6.45. The largest absolute Gasteiger partial charge is 0.457 e. The maximum atomic E-state index is 16.8. The van der Waals surface area contributed by atoms with Gasteiger partial charge in [0.25, 0.3) is 35.4 Å². The Kier molecular flexibility index (Phi) is 22.5. The monoisotopic (exact) mass is 1630 g/mol. The lowest BCUT2D eigenvalue weighted by Gasteiger charge is -2.38. The molecule has 6 unspecified atom stereocenters. The maximum Gasteiger partial charge on any atom is 0.418 e. The van der Waals surface area contributed by atoms with Crippen molar-refractivity contribution < 1.29 is 112 Å². The SMILES string of the molecule is CC(C)(C)c1ccc(Oc2cc3c4c(cc(Oc5ccc(C(C)(C)C)cc5)c5c6c(Oc7ccc(C(C)(C)C)cc7)cc7c8c(cc(Oc9ccc(C(C)(C)C)cc9)c(c2c45)c86)C(=O)N(C(C(=O)N(CCOCC2CO2)CCOCC2CO2)C(F)(F)F)C7=O)C(=O)N(C(C(=O)N(CCOCC2CO2)CCOCC2CO2)C(F)(F)F)C3=O)cc1. The third-order valence-electron chi connectivity index (χ3n) is 21.8. The molecule has 0 aliphatic carbocycles. The van der Waals surface area contributed by atoms with Crippen molar-refractivity contribution in [2.45, 2.75) is 154 Å². The van der Waals surface area contributed by atoms with Crippen molar-refractivity contribution in [1.82, 2.24) is 19.6 Å². The molecule has 4 saturated heterocycles. The van der Waals surface area contributed by atoms with Gasteiger partial charge in [0.1, 0.15) is 70.4 Å². The predicted molar refractivity (Wildman–Crippen MR) is 425 cm³/mol. The fourth-order valence-electron chi connectivity index (χ4n) is 15.0. The van der Waals surface area contributed by atoms with Gasteiger partial charge < -0.3 is 66.6 Å². The summed E-state index contributed by atoms with van der Waals surface area (Å²) in [6.45, 7) is 22.8. The number of nitrogens with zero attached hydrogens (tertiary/aromatic N) is 4. The highest BCUT2D eigenvalue weighted by Crippen LogP contribution is 2.59. The second kappa shape index (κ2) is 31.9. The molecule has 9 aromatic carbocycles. The fraction of sp³-hybridized carbons (Fsp3) is 0.444. The number of benzene rings is 9. The van der Waals surface area contributed by atoms with Gasteiger partial charge in [-0.25, -0.2) is 0 Å². The Morgan fingerprint density at radius 2 is 0.551 bits per heavy atom. The normalized spacial score (nSPS) is 18.6. The lowest BCUT2D eigenvalue weighted by Crippen LogP contribution is -2.61. The van der Waals surface area contributed by atoms with E-state index in [0.29, 0.717) is 26.4 Å². The first kappa shape index (κ1) is 83.0. The zero-order valence-electron chi connectivity index (χ0n) is 67.7. The van der Waals surface area contributed by atoms with Gasteiger partial charge in [-0.2, -0.15) is 26.3 Å². The molecule has 4 fully saturated rings. The Balaban J connectivity index is 1.03. The minimum absolute atomic E-state index is 0.0727. The molecule has 0 bridgehead atoms. The second-order valence-corrected chi connectivity index (χ2v) is 34.8. The van der Waals surface area contributed by atoms with Crippen LogP contribution < -0.4 is 18.9 Å². The third-order valence-corrected chi connectivity index (χ3v) is 21.8. The van der Waals surface area contributed by atoms with Crippen molar-refractivity contribution in [3.63, 3.8) is 0 Å². The molecule has 28 heteroatoms. The number of rotatable bonds is 32. The van der Waals surface area contributed by atoms with Gasteiger partial charge in [0.15, 0.2) is 0 Å². The molecule has 22 nitrogen and oxygen atoms in total. The molecule has 6 aliphatic heterocycles. The van der Waals surface area contributed by atoms with Crippen LogP contribution in [0.3, 0.4) is 0 Å². The summed E-state index contributed by atoms with van der Waals surface area (Å²) in [7, 11) is 0. The van der Waals surface area contributed by atoms with Gasteiger partial charge in [-0.05, 0) is 117 Å². The molecule has 0 spiro atoms. The van der Waals surface area contributed by atoms with E-state index in [-0.39, 0.29) is 176 Å². The van der Waals surface area contributed by atoms with Gasteiger partial charge in [0.05, 0.1) is 102 Å². The molecule has 0 saturated carbocycles. The van der Waals surface area contributed by atoms with Crippen LogP contribution in [0.1, 0.15) is 147 Å². The molecule has 6 atom stereocenters. The number of hydrogen-bond acceptors (Lipinski definition) is 18. The molecular weight excluding hydrogens is 1540 g/mol. The molecule has 6 aliphatic rings. The number of hydrogen-bond donors (Lipinski definition) is 0. The van der Waals surface area contributed by atoms with Crippen LogP contribution in [0.5, 0.6) is 46.0 Å². The Labute approximate surface area is 677 Å². The summed E-state index contributed by atoms with van der Waals surface area (Å²) in [6.07, 6.45) is -12.4. The Morgan fingerprint density at radius 1 is 0.347 bits per heavy atom. The first-order valence-electron chi connectivity index (χ1n) is 39.5. The summed E-state index contributed by atoms with van der Waals surface area (Å²) in [5, 5.41) is -1.30. The molecule has 0 N–H and O–H groups in total. The summed E-state index contributed by atoms with van der Waals surface area (Å²) >= 11 is 0. The summed E-state index contributed by atoms with van der Waals surface area (Å²) in [6, 6.07) is 24.8. The number of ether oxygens (including phenoxy) is 12. The number of carbonyl (C=O) groups is 6. The summed E-state index contributed by atoms with van der Waals surface area (Å²) in [4.78, 5) is 97.7. The smallest absolute Gasteiger partial charge is 0.418 e. The van der Waals surface area contributed by atoms with E-state index < -0.39 is 130 Å². The number of epoxide rings is 4. The van der Waals surface area contributed by atoms with E-state index in [9.17, 15) is 0 Å². The van der Waals surface area contributed by atoms with Gasteiger partial charge in [0, 0.05) is 69.3 Å². The van der Waals surface area contributed by atoms with Crippen LogP contribution >= 0.6 is 0 Å². The molecule has 624 valence electrons. The van der Waals surface area contributed by atoms with Crippen LogP contribution in [-0.2, 0) is 69.1 Å². The van der Waals surface area contributed by atoms with Gasteiger partial charge in [-0.3, -0.25) is 38.6 Å². The summed E-state index contributed by atoms with van der Waals surface area (Å²) < 4.78 is 174. The van der Waals surface area contributed by atoms with Crippen molar-refractivity contribution in [3.8, 4) is 46.0 Å². The molecule has 9 aromatic rings. The number of amides is 6. The molecule has 118 heavy (non-hydrogen) atoms. The average Bonchev–Trinajstić information content (AvgIpc) is 0.918. The van der Waals surface area contributed by atoms with Crippen LogP contribution in [-0.4, -0.2) is 209 Å². The van der Waals surface area contributed by atoms with E-state index in [0.717, 1.165) is 56.3 Å². The van der Waals surface area contributed by atoms with Crippen molar-refractivity contribution in [2.75, 3.05) is 105 Å². The zero-order chi connectivity index (χ0) is 84.0. The predicted octanol–water partition coefficient (Wildman–Crippen LogP) is 16.5. The van der Waals surface area contributed by atoms with Crippen LogP contribution in [0.25, 0.3) is 43.1 Å². The molecule has 6 heterocycles. The first-order chi connectivity index (χ1) is 55.8. The van der Waals surface area contributed by atoms with Gasteiger partial charge >= 0.3 is 12.4 Å². The lowest BCUT2D eigenvalue weighted by molar-refractivity contribution is -0.188. The molecule has 15 rings (SSSR count). The Bertz CT molecular complexity index is 4730. The highest BCUT2D eigenvalue weighted by Gasteiger charge is 2.59. The molecule has 0 radical (unpaired) electrons. The highest BCUT2D eigenvalue weighted by atomic mass is 19.4. The Hall–Kier alpha value is -10.0. The van der Waals surface area contributed by atoms with Crippen molar-refractivity contribution in [2.24, 2.45) is 0 Å². The molecule has 0 aromatic heterocycles. The number of imide groups is 2. The van der Waals surface area contributed by atoms with Crippen LogP contribution in [0.2, 0.25) is 0 Å². The van der Waals surface area contributed by atoms with E-state index in [4.69, 9.17) is 56.8 Å². The van der Waals surface area contributed by atoms with Crippen LogP contribution in [0, 0.1) is 0 Å². The fourth-order valence-corrected chi connectivity index (χ4v) is 15.0. The minimum Gasteiger partial charge on any atom is -0.457 e. The third kappa shape index (κ3) is 17.5. The topological polar surface area (TPSA) is 239 Å². The molecular formula is C90H94F6N4O18. The zero-order valence-corrected chi connectivity index (χ0v) is 67.7. The van der Waals surface area contributed by atoms with E-state index in [1.165, 1.54) is 0 Å². The summed E-state index contributed by atoms with van der Waals surface area (Å²) in [5.74, 6) is -10.8. The number of carbonyl (C=O) groups excluding carboxylic acids is 6. The second-order valence-electron chi connectivity index (χ2n) is 34.8. The number of fused-ring (bicyclic) bond motifs is 2. The average molecular weight is 1630 g/mol. The van der Waals surface area contributed by atoms with E-state index in [1.807, 2.05) is 83.1 Å². The van der Waals surface area contributed by atoms with Crippen molar-refractivity contribution in [1.29, 1.82) is 0 Å². The quantitative estimate of drug-likeness (QED) is 0.00950. The Morgan fingerprint density at radius 3 is 0.729 bits per heavy atom. The summed E-state index contributed by atoms with van der Waals surface area (Å²) in [5.41, 5.74) is -0.762. The lowest BCUT2D eigenvalue weighted by atomic mass is 9.80. The maximum absolute atomic E-state index is 16.8. The molecule has 6 amide bonds. The minimum atomic E-state index is -5.68. The van der Waals surface area contributed by atoms with Crippen molar-refractivity contribution >= 4 is 78.5 Å². The van der Waals surface area contributed by atoms with E-state index in [1.54, 1.807) is 97.1 Å². The van der Waals surface area contributed by atoms with Crippen molar-refractivity contribution in [3.05, 3.63) is 166 Å². The van der Waals surface area contributed by atoms with Crippen LogP contribution in [0.15, 0.2) is 121 Å². The number of halogens is 6. The first-order valence-corrected chi connectivity index (χ1v) is 39.5. The van der Waals surface area contributed by atoms with E-state index in [2.05, 4.69) is 0 Å². The van der Waals surface area contributed by atoms with Crippen LogP contribution in [0.4, 0.5) is 26.3 Å². The van der Waals surface area contributed by atoms with Gasteiger partial charge in [-0.15, -0.1) is 0 Å². The standard InChI is InChI=1S/C90H94F6N4O18/c1-85(2,3)49-13-21-53(22-14-49)115-65-37-61-69-62(80(102)99(79(61)101)77(89(91,92)93)83(105)97(29-33-107-41-57-45-111-57)30-34-108-42-58-46-112-58)39-67(117-55-25-17-51(18-26-55)87(7,8)9)73-74-68(118-56-27-19-52(20-28-56)88(10,11)12)40-64-70-63(38-66(72(76(70)74)71(65)75(69)73)116-54-23-15-50(16-24-54)86(4,5)6)81(103)100(82(64)104)78(90(94,95)96)84(106)98(31-35-109-43-59-47-113-59)32-36-110-44-60-48-114-60/h13-28,37-40,57-60,77-78H,29-36,41-48H2,1-12H3. The van der Waals surface area contributed by atoms with E-state index >= 15 is 55.1 Å². The van der Waals surface area contributed by atoms with Gasteiger partial charge in [0.2, 0.25) is 12.1 Å². The number of alkyl halides is 6.